The number of likely N-dealkylation sites (tertiary alicyclic amines) is 1. The summed E-state index contributed by atoms with van der Waals surface area (Å²) in [6, 6.07) is 7.58. The predicted octanol–water partition coefficient (Wildman–Crippen LogP) is 1.11. The molecule has 0 radical (unpaired) electrons. The zero-order chi connectivity index (χ0) is 17.5. The van der Waals surface area contributed by atoms with E-state index in [1.165, 1.54) is 0 Å². The molecule has 1 aromatic rings. The molecule has 1 N–H and O–H groups in total. The molecular weight excluding hydrogens is 306 g/mol. The van der Waals surface area contributed by atoms with Crippen LogP contribution in [0.2, 0.25) is 0 Å². The van der Waals surface area contributed by atoms with Gasteiger partial charge < -0.3 is 19.9 Å². The molecule has 1 fully saturated rings. The van der Waals surface area contributed by atoms with E-state index in [4.69, 9.17) is 4.74 Å². The van der Waals surface area contributed by atoms with Gasteiger partial charge in [-0.3, -0.25) is 9.59 Å². The molecule has 0 aromatic heterocycles. The molecular formula is C18H27N3O3. The second kappa shape index (κ2) is 8.68. The summed E-state index contributed by atoms with van der Waals surface area (Å²) in [5, 5.41) is 2.93. The van der Waals surface area contributed by atoms with Crippen LogP contribution in [0, 0.1) is 5.92 Å². The van der Waals surface area contributed by atoms with Crippen molar-refractivity contribution < 1.29 is 14.3 Å². The molecule has 6 heteroatoms. The van der Waals surface area contributed by atoms with Crippen molar-refractivity contribution in [3.8, 4) is 5.75 Å². The number of carbonyl (C=O) groups excluding carboxylic acids is 2. The third-order valence-corrected chi connectivity index (χ3v) is 4.24. The summed E-state index contributed by atoms with van der Waals surface area (Å²) in [6.07, 6.45) is 1.25. The van der Waals surface area contributed by atoms with Crippen LogP contribution in [0.4, 0.5) is 0 Å². The molecule has 1 atom stereocenters. The van der Waals surface area contributed by atoms with Gasteiger partial charge in [0.2, 0.25) is 11.8 Å². The van der Waals surface area contributed by atoms with Crippen molar-refractivity contribution in [3.63, 3.8) is 0 Å². The fourth-order valence-corrected chi connectivity index (χ4v) is 2.82. The summed E-state index contributed by atoms with van der Waals surface area (Å²) in [5.74, 6) is 0.586. The number of amides is 2. The third kappa shape index (κ3) is 5.23. The molecule has 1 aromatic carbocycles. The molecule has 2 amide bonds. The first kappa shape index (κ1) is 18.3. The van der Waals surface area contributed by atoms with Gasteiger partial charge in [0, 0.05) is 26.1 Å². The van der Waals surface area contributed by atoms with Gasteiger partial charge in [-0.2, -0.15) is 0 Å². The Morgan fingerprint density at radius 1 is 1.33 bits per heavy atom. The Bertz CT molecular complexity index is 557. The van der Waals surface area contributed by atoms with E-state index in [2.05, 4.69) is 10.2 Å². The number of hydrogen-bond donors (Lipinski definition) is 1. The van der Waals surface area contributed by atoms with E-state index >= 15 is 0 Å². The molecule has 2 rings (SSSR count). The van der Waals surface area contributed by atoms with Crippen LogP contribution in [0.15, 0.2) is 24.3 Å². The first-order valence-corrected chi connectivity index (χ1v) is 8.32. The van der Waals surface area contributed by atoms with Crippen molar-refractivity contribution in [2.24, 2.45) is 5.92 Å². The highest BCUT2D eigenvalue weighted by atomic mass is 16.5. The van der Waals surface area contributed by atoms with Gasteiger partial charge in [0.1, 0.15) is 5.75 Å². The van der Waals surface area contributed by atoms with Gasteiger partial charge in [-0.15, -0.1) is 0 Å². The maximum absolute atomic E-state index is 12.3. The van der Waals surface area contributed by atoms with E-state index in [9.17, 15) is 9.59 Å². The van der Waals surface area contributed by atoms with Crippen LogP contribution in [-0.2, 0) is 16.1 Å². The lowest BCUT2D eigenvalue weighted by Gasteiger charge is -2.18. The van der Waals surface area contributed by atoms with Gasteiger partial charge in [0.15, 0.2) is 0 Å². The second-order valence-corrected chi connectivity index (χ2v) is 6.46. The van der Waals surface area contributed by atoms with Crippen molar-refractivity contribution >= 4 is 11.8 Å². The molecule has 132 valence electrons. The average molecular weight is 333 g/mol. The molecule has 0 bridgehead atoms. The predicted molar refractivity (Wildman–Crippen MR) is 92.7 cm³/mol. The van der Waals surface area contributed by atoms with Gasteiger partial charge in [-0.05, 0) is 44.8 Å². The Kier molecular flexibility index (Phi) is 6.61. The maximum atomic E-state index is 12.3. The number of rotatable bonds is 8. The van der Waals surface area contributed by atoms with E-state index in [-0.39, 0.29) is 17.7 Å². The summed E-state index contributed by atoms with van der Waals surface area (Å²) in [6.45, 7) is 2.66. The van der Waals surface area contributed by atoms with Crippen LogP contribution in [0.1, 0.15) is 18.4 Å². The lowest BCUT2D eigenvalue weighted by Crippen LogP contribution is -2.33. The number of carbonyl (C=O) groups is 2. The minimum absolute atomic E-state index is 0.0470. The van der Waals surface area contributed by atoms with Crippen LogP contribution < -0.4 is 10.1 Å². The van der Waals surface area contributed by atoms with Crippen molar-refractivity contribution in [2.75, 3.05) is 40.8 Å². The Labute approximate surface area is 143 Å². The molecule has 0 saturated carbocycles. The van der Waals surface area contributed by atoms with E-state index in [0.29, 0.717) is 19.5 Å². The van der Waals surface area contributed by atoms with Gasteiger partial charge in [0.05, 0.1) is 13.0 Å². The smallest absolute Gasteiger partial charge is 0.225 e. The van der Waals surface area contributed by atoms with Crippen molar-refractivity contribution in [1.29, 1.82) is 0 Å². The number of nitrogens with zero attached hydrogens (tertiary/aromatic N) is 2. The quantitative estimate of drug-likeness (QED) is 0.774. The molecule has 1 saturated heterocycles. The number of ether oxygens (including phenoxy) is 1. The first-order valence-electron chi connectivity index (χ1n) is 8.32. The number of benzene rings is 1. The van der Waals surface area contributed by atoms with Crippen molar-refractivity contribution in [1.82, 2.24) is 15.1 Å². The van der Waals surface area contributed by atoms with Crippen LogP contribution in [-0.4, -0.2) is 62.5 Å². The fourth-order valence-electron chi connectivity index (χ4n) is 2.82. The van der Waals surface area contributed by atoms with Crippen LogP contribution in [0.3, 0.4) is 0 Å². The molecule has 1 heterocycles. The lowest BCUT2D eigenvalue weighted by atomic mass is 10.1. The zero-order valence-electron chi connectivity index (χ0n) is 14.7. The van der Waals surface area contributed by atoms with Crippen molar-refractivity contribution in [2.45, 2.75) is 19.4 Å². The van der Waals surface area contributed by atoms with Crippen LogP contribution in [0.5, 0.6) is 5.75 Å². The van der Waals surface area contributed by atoms with E-state index in [1.54, 1.807) is 12.0 Å². The fraction of sp³-hybridized carbons (Fsp3) is 0.556. The average Bonchev–Trinajstić information content (AvgIpc) is 2.94. The maximum Gasteiger partial charge on any atom is 0.225 e. The molecule has 1 aliphatic heterocycles. The number of nitrogens with one attached hydrogen (secondary N) is 1. The molecule has 0 spiro atoms. The van der Waals surface area contributed by atoms with Crippen molar-refractivity contribution in [3.05, 3.63) is 29.8 Å². The van der Waals surface area contributed by atoms with E-state index < -0.39 is 0 Å². The van der Waals surface area contributed by atoms with Gasteiger partial charge in [0.25, 0.3) is 0 Å². The zero-order valence-corrected chi connectivity index (χ0v) is 14.7. The summed E-state index contributed by atoms with van der Waals surface area (Å²) in [5.41, 5.74) is 1.01. The van der Waals surface area contributed by atoms with E-state index in [1.807, 2.05) is 38.4 Å². The highest BCUT2D eigenvalue weighted by Crippen LogP contribution is 2.18. The normalized spacial score (nSPS) is 17.4. The largest absolute Gasteiger partial charge is 0.497 e. The molecule has 6 nitrogen and oxygen atoms in total. The summed E-state index contributed by atoms with van der Waals surface area (Å²) >= 11 is 0. The minimum Gasteiger partial charge on any atom is -0.497 e. The van der Waals surface area contributed by atoms with Crippen LogP contribution in [0.25, 0.3) is 0 Å². The minimum atomic E-state index is -0.241. The first-order chi connectivity index (χ1) is 11.5. The Morgan fingerprint density at radius 2 is 2.04 bits per heavy atom. The monoisotopic (exact) mass is 333 g/mol. The Balaban J connectivity index is 1.77. The number of methoxy groups -OCH3 is 1. The topological polar surface area (TPSA) is 61.9 Å². The Hall–Kier alpha value is -2.08. The summed E-state index contributed by atoms with van der Waals surface area (Å²) in [4.78, 5) is 28.2. The molecule has 1 aliphatic rings. The summed E-state index contributed by atoms with van der Waals surface area (Å²) in [7, 11) is 5.65. The number of hydrogen-bond acceptors (Lipinski definition) is 4. The molecule has 0 aliphatic carbocycles. The van der Waals surface area contributed by atoms with E-state index in [0.717, 1.165) is 30.8 Å². The van der Waals surface area contributed by atoms with Gasteiger partial charge in [-0.25, -0.2) is 0 Å². The molecule has 1 unspecified atom stereocenters. The molecule has 24 heavy (non-hydrogen) atoms. The lowest BCUT2D eigenvalue weighted by molar-refractivity contribution is -0.129. The van der Waals surface area contributed by atoms with Crippen LogP contribution >= 0.6 is 0 Å². The highest BCUT2D eigenvalue weighted by molar-refractivity contribution is 5.89. The Morgan fingerprint density at radius 3 is 2.67 bits per heavy atom. The highest BCUT2D eigenvalue weighted by Gasteiger charge is 2.33. The standard InChI is InChI=1S/C18H27N3O3/c1-20(2)9-4-10-21-13-15(11-17(21)22)18(23)19-12-14-5-7-16(24-3)8-6-14/h5-8,15H,4,9-13H2,1-3H3,(H,19,23). The summed E-state index contributed by atoms with van der Waals surface area (Å²) < 4.78 is 5.11. The SMILES string of the molecule is COc1ccc(CNC(=O)C2CC(=O)N(CCCN(C)C)C2)cc1. The third-order valence-electron chi connectivity index (χ3n) is 4.24. The van der Waals surface area contributed by atoms with Gasteiger partial charge >= 0.3 is 0 Å². The van der Waals surface area contributed by atoms with Gasteiger partial charge in [-0.1, -0.05) is 12.1 Å². The second-order valence-electron chi connectivity index (χ2n) is 6.46.